The second-order valence-electron chi connectivity index (χ2n) is 6.46. The number of nitrogens with zero attached hydrogens (tertiary/aromatic N) is 1. The fourth-order valence-electron chi connectivity index (χ4n) is 3.35. The predicted octanol–water partition coefficient (Wildman–Crippen LogP) is 3.55. The molecule has 1 saturated heterocycles. The van der Waals surface area contributed by atoms with Gasteiger partial charge in [0.15, 0.2) is 6.61 Å². The van der Waals surface area contributed by atoms with E-state index in [2.05, 4.69) is 0 Å². The fraction of sp³-hybridized carbons (Fsp3) is 0.450. The molecule has 1 N–H and O–H groups in total. The summed E-state index contributed by atoms with van der Waals surface area (Å²) in [6.07, 6.45) is 5.42. The number of hydrogen-bond acceptors (Lipinski definition) is 4. The van der Waals surface area contributed by atoms with Gasteiger partial charge in [0.05, 0.1) is 6.26 Å². The molecule has 0 aliphatic carbocycles. The Kier molecular flexibility index (Phi) is 6.12. The SMILES string of the molecule is O=C(COc1ccccc1)N1CCCCCC1CC(O)c1ccco1. The summed E-state index contributed by atoms with van der Waals surface area (Å²) in [7, 11) is 0. The number of benzene rings is 1. The Labute approximate surface area is 148 Å². The van der Waals surface area contributed by atoms with Gasteiger partial charge in [0.1, 0.15) is 17.6 Å². The van der Waals surface area contributed by atoms with Gasteiger partial charge in [-0.05, 0) is 37.1 Å². The minimum Gasteiger partial charge on any atom is -0.484 e. The van der Waals surface area contributed by atoms with Crippen LogP contribution in [0.15, 0.2) is 53.1 Å². The molecule has 5 nitrogen and oxygen atoms in total. The van der Waals surface area contributed by atoms with Crippen LogP contribution < -0.4 is 4.74 Å². The van der Waals surface area contributed by atoms with E-state index >= 15 is 0 Å². The third kappa shape index (κ3) is 4.86. The van der Waals surface area contributed by atoms with Crippen molar-refractivity contribution in [1.29, 1.82) is 0 Å². The van der Waals surface area contributed by atoms with Gasteiger partial charge < -0.3 is 19.2 Å². The van der Waals surface area contributed by atoms with Gasteiger partial charge in [-0.15, -0.1) is 0 Å². The molecule has 1 fully saturated rings. The maximum Gasteiger partial charge on any atom is 0.260 e. The van der Waals surface area contributed by atoms with Crippen LogP contribution in [0, 0.1) is 0 Å². The van der Waals surface area contributed by atoms with Crippen LogP contribution >= 0.6 is 0 Å². The van der Waals surface area contributed by atoms with Crippen LogP contribution in [0.25, 0.3) is 0 Å². The minimum atomic E-state index is -0.691. The molecule has 5 heteroatoms. The monoisotopic (exact) mass is 343 g/mol. The smallest absolute Gasteiger partial charge is 0.260 e. The molecule has 3 rings (SSSR count). The minimum absolute atomic E-state index is 0.00877. The molecular formula is C20H25NO4. The maximum absolute atomic E-state index is 12.7. The molecule has 25 heavy (non-hydrogen) atoms. The first-order chi connectivity index (χ1) is 12.2. The first-order valence-electron chi connectivity index (χ1n) is 8.93. The molecule has 0 saturated carbocycles. The van der Waals surface area contributed by atoms with E-state index in [-0.39, 0.29) is 18.6 Å². The first kappa shape index (κ1) is 17.5. The normalized spacial score (nSPS) is 19.2. The van der Waals surface area contributed by atoms with Crippen LogP contribution in [0.4, 0.5) is 0 Å². The number of ether oxygens (including phenoxy) is 1. The van der Waals surface area contributed by atoms with Crippen molar-refractivity contribution in [3.8, 4) is 5.75 Å². The van der Waals surface area contributed by atoms with Crippen LogP contribution in [0.1, 0.15) is 44.0 Å². The highest BCUT2D eigenvalue weighted by molar-refractivity contribution is 5.78. The Hall–Kier alpha value is -2.27. The van der Waals surface area contributed by atoms with Gasteiger partial charge in [0.25, 0.3) is 5.91 Å². The van der Waals surface area contributed by atoms with Gasteiger partial charge in [-0.2, -0.15) is 0 Å². The summed E-state index contributed by atoms with van der Waals surface area (Å²) in [4.78, 5) is 14.6. The first-order valence-corrected chi connectivity index (χ1v) is 8.93. The van der Waals surface area contributed by atoms with Crippen molar-refractivity contribution in [3.05, 3.63) is 54.5 Å². The lowest BCUT2D eigenvalue weighted by molar-refractivity contribution is -0.136. The summed E-state index contributed by atoms with van der Waals surface area (Å²) in [5, 5.41) is 10.4. The van der Waals surface area contributed by atoms with E-state index in [0.29, 0.717) is 24.5 Å². The zero-order valence-electron chi connectivity index (χ0n) is 14.3. The van der Waals surface area contributed by atoms with Gasteiger partial charge in [-0.25, -0.2) is 0 Å². The van der Waals surface area contributed by atoms with Crippen molar-refractivity contribution < 1.29 is 19.1 Å². The highest BCUT2D eigenvalue weighted by Gasteiger charge is 2.28. The molecule has 2 aromatic rings. The maximum atomic E-state index is 12.7. The second kappa shape index (κ2) is 8.72. The summed E-state index contributed by atoms with van der Waals surface area (Å²) < 4.78 is 10.9. The molecule has 1 amide bonds. The summed E-state index contributed by atoms with van der Waals surface area (Å²) in [6, 6.07) is 12.9. The average Bonchev–Trinajstić information content (AvgIpc) is 3.08. The lowest BCUT2D eigenvalue weighted by atomic mass is 10.0. The third-order valence-corrected chi connectivity index (χ3v) is 4.67. The Bertz CT molecular complexity index is 641. The van der Waals surface area contributed by atoms with Crippen molar-refractivity contribution in [2.24, 2.45) is 0 Å². The number of carbonyl (C=O) groups is 1. The van der Waals surface area contributed by atoms with E-state index in [9.17, 15) is 9.90 Å². The predicted molar refractivity (Wildman–Crippen MR) is 94.2 cm³/mol. The van der Waals surface area contributed by atoms with Crippen molar-refractivity contribution in [3.63, 3.8) is 0 Å². The molecule has 2 unspecified atom stereocenters. The van der Waals surface area contributed by atoms with Gasteiger partial charge in [0.2, 0.25) is 0 Å². The molecule has 2 atom stereocenters. The molecule has 1 aliphatic rings. The van der Waals surface area contributed by atoms with Gasteiger partial charge in [-0.1, -0.05) is 31.0 Å². The van der Waals surface area contributed by atoms with Gasteiger partial charge in [0, 0.05) is 19.0 Å². The summed E-state index contributed by atoms with van der Waals surface area (Å²) in [5.74, 6) is 1.22. The number of carbonyl (C=O) groups excluding carboxylic acids is 1. The van der Waals surface area contributed by atoms with Crippen molar-refractivity contribution in [2.75, 3.05) is 13.2 Å². The topological polar surface area (TPSA) is 62.9 Å². The van der Waals surface area contributed by atoms with Crippen LogP contribution in [-0.2, 0) is 4.79 Å². The van der Waals surface area contributed by atoms with Gasteiger partial charge in [-0.3, -0.25) is 4.79 Å². The number of rotatable bonds is 6. The molecule has 0 spiro atoms. The van der Waals surface area contributed by atoms with Crippen molar-refractivity contribution in [1.82, 2.24) is 4.90 Å². The molecule has 2 heterocycles. The van der Waals surface area contributed by atoms with Crippen molar-refractivity contribution >= 4 is 5.91 Å². The van der Waals surface area contributed by atoms with E-state index in [1.165, 1.54) is 0 Å². The largest absolute Gasteiger partial charge is 0.484 e. The Balaban J connectivity index is 1.62. The van der Waals surface area contributed by atoms with Crippen molar-refractivity contribution in [2.45, 2.75) is 44.2 Å². The third-order valence-electron chi connectivity index (χ3n) is 4.67. The van der Waals surface area contributed by atoms with E-state index in [4.69, 9.17) is 9.15 Å². The second-order valence-corrected chi connectivity index (χ2v) is 6.46. The summed E-state index contributed by atoms with van der Waals surface area (Å²) in [6.45, 7) is 0.740. The molecule has 1 aromatic carbocycles. The summed E-state index contributed by atoms with van der Waals surface area (Å²) >= 11 is 0. The number of aliphatic hydroxyl groups excluding tert-OH is 1. The number of aliphatic hydroxyl groups is 1. The van der Waals surface area contributed by atoms with E-state index in [0.717, 1.165) is 25.7 Å². The lowest BCUT2D eigenvalue weighted by Gasteiger charge is -2.31. The Morgan fingerprint density at radius 3 is 2.80 bits per heavy atom. The molecule has 0 bridgehead atoms. The number of para-hydroxylation sites is 1. The van der Waals surface area contributed by atoms with Crippen LogP contribution in [0.5, 0.6) is 5.75 Å². The molecule has 0 radical (unpaired) electrons. The van der Waals surface area contributed by atoms with Gasteiger partial charge >= 0.3 is 0 Å². The molecule has 1 aromatic heterocycles. The molecule has 134 valence electrons. The highest BCUT2D eigenvalue weighted by Crippen LogP contribution is 2.27. The molecular weight excluding hydrogens is 318 g/mol. The number of likely N-dealkylation sites (tertiary alicyclic amines) is 1. The number of hydrogen-bond donors (Lipinski definition) is 1. The Morgan fingerprint density at radius 2 is 2.04 bits per heavy atom. The quantitative estimate of drug-likeness (QED) is 0.871. The standard InChI is InChI=1S/C20H25NO4/c22-18(19-11-7-13-24-19)14-16-8-3-2-6-12-21(16)20(23)15-25-17-9-4-1-5-10-17/h1,4-5,7,9-11,13,16,18,22H,2-3,6,8,12,14-15H2. The van der Waals surface area contributed by atoms with E-state index in [1.54, 1.807) is 18.4 Å². The van der Waals surface area contributed by atoms with Crippen LogP contribution in [-0.4, -0.2) is 35.1 Å². The van der Waals surface area contributed by atoms with E-state index < -0.39 is 6.10 Å². The van der Waals surface area contributed by atoms with Crippen LogP contribution in [0.2, 0.25) is 0 Å². The summed E-state index contributed by atoms with van der Waals surface area (Å²) in [5.41, 5.74) is 0. The number of furan rings is 1. The van der Waals surface area contributed by atoms with Crippen LogP contribution in [0.3, 0.4) is 0 Å². The number of amides is 1. The van der Waals surface area contributed by atoms with E-state index in [1.807, 2.05) is 35.2 Å². The molecule has 1 aliphatic heterocycles. The highest BCUT2D eigenvalue weighted by atomic mass is 16.5. The lowest BCUT2D eigenvalue weighted by Crippen LogP contribution is -2.43. The average molecular weight is 343 g/mol. The zero-order valence-corrected chi connectivity index (χ0v) is 14.3. The Morgan fingerprint density at radius 1 is 1.20 bits per heavy atom. The zero-order chi connectivity index (χ0) is 17.5. The fourth-order valence-corrected chi connectivity index (χ4v) is 3.35.